The van der Waals surface area contributed by atoms with E-state index in [4.69, 9.17) is 5.41 Å². The van der Waals surface area contributed by atoms with Crippen molar-refractivity contribution in [3.05, 3.63) is 102 Å². The number of sulfonamides is 1. The Morgan fingerprint density at radius 3 is 1.88 bits per heavy atom. The highest BCUT2D eigenvalue weighted by molar-refractivity contribution is 7.89. The minimum absolute atomic E-state index is 0.0394. The van der Waals surface area contributed by atoms with E-state index in [9.17, 15) is 13.2 Å². The molecule has 7 nitrogen and oxygen atoms in total. The summed E-state index contributed by atoms with van der Waals surface area (Å²) in [6.45, 7) is 0.571. The summed E-state index contributed by atoms with van der Waals surface area (Å²) < 4.78 is 27.3. The smallest absolute Gasteiger partial charge is 0.264 e. The van der Waals surface area contributed by atoms with Crippen LogP contribution >= 0.6 is 0 Å². The second kappa shape index (κ2) is 9.56. The first kappa shape index (κ1) is 22.7. The minimum Gasteiger partial charge on any atom is -0.334 e. The SMILES string of the molecule is N=C1NC(c2ccccc2)(c2ccccc2)C(=O)N1CCCCNS(=O)(=O)c1ccccc1. The van der Waals surface area contributed by atoms with Crippen LogP contribution < -0.4 is 10.0 Å². The number of carbonyl (C=O) groups is 1. The summed E-state index contributed by atoms with van der Waals surface area (Å²) in [6, 6.07) is 27.0. The van der Waals surface area contributed by atoms with E-state index in [1.54, 1.807) is 30.3 Å². The minimum atomic E-state index is -3.56. The Bertz CT molecular complexity index is 1180. The number of guanidine groups is 1. The average molecular weight is 463 g/mol. The van der Waals surface area contributed by atoms with E-state index in [1.165, 1.54) is 4.90 Å². The van der Waals surface area contributed by atoms with Gasteiger partial charge in [0, 0.05) is 13.1 Å². The zero-order valence-electron chi connectivity index (χ0n) is 18.1. The molecule has 1 amide bonds. The van der Waals surface area contributed by atoms with Crippen molar-refractivity contribution in [2.24, 2.45) is 0 Å². The van der Waals surface area contributed by atoms with Crippen LogP contribution in [0.15, 0.2) is 95.9 Å². The molecular weight excluding hydrogens is 436 g/mol. The second-order valence-corrected chi connectivity index (χ2v) is 9.60. The van der Waals surface area contributed by atoms with Crippen LogP contribution in [0.1, 0.15) is 24.0 Å². The van der Waals surface area contributed by atoms with Crippen molar-refractivity contribution in [3.8, 4) is 0 Å². The van der Waals surface area contributed by atoms with Crippen LogP contribution in [0.5, 0.6) is 0 Å². The molecule has 0 atom stereocenters. The summed E-state index contributed by atoms with van der Waals surface area (Å²) in [5.74, 6) is -0.174. The van der Waals surface area contributed by atoms with Crippen molar-refractivity contribution in [1.82, 2.24) is 14.9 Å². The maximum atomic E-state index is 13.7. The Hall–Kier alpha value is -3.49. The van der Waals surface area contributed by atoms with Gasteiger partial charge in [-0.3, -0.25) is 15.1 Å². The van der Waals surface area contributed by atoms with Crippen LogP contribution in [-0.4, -0.2) is 38.3 Å². The summed E-state index contributed by atoms with van der Waals surface area (Å²) in [4.78, 5) is 15.3. The van der Waals surface area contributed by atoms with Crippen LogP contribution in [0.2, 0.25) is 0 Å². The van der Waals surface area contributed by atoms with E-state index in [2.05, 4.69) is 10.0 Å². The van der Waals surface area contributed by atoms with E-state index >= 15 is 0 Å². The molecule has 3 aromatic rings. The number of nitrogens with one attached hydrogen (secondary N) is 3. The number of hydrogen-bond acceptors (Lipinski definition) is 4. The van der Waals surface area contributed by atoms with E-state index in [-0.39, 0.29) is 23.3 Å². The maximum absolute atomic E-state index is 13.7. The van der Waals surface area contributed by atoms with Crippen molar-refractivity contribution in [2.75, 3.05) is 13.1 Å². The molecule has 0 unspecified atom stereocenters. The molecule has 0 saturated carbocycles. The Labute approximate surface area is 194 Å². The number of unbranched alkanes of at least 4 members (excludes halogenated alkanes) is 1. The molecule has 1 heterocycles. The average Bonchev–Trinajstić information content (AvgIpc) is 3.11. The number of nitrogens with zero attached hydrogens (tertiary/aromatic N) is 1. The fourth-order valence-corrected chi connectivity index (χ4v) is 5.13. The highest BCUT2D eigenvalue weighted by Gasteiger charge is 2.51. The van der Waals surface area contributed by atoms with Crippen LogP contribution in [0, 0.1) is 5.41 Å². The lowest BCUT2D eigenvalue weighted by atomic mass is 9.82. The molecule has 170 valence electrons. The van der Waals surface area contributed by atoms with Crippen LogP contribution in [0.4, 0.5) is 0 Å². The van der Waals surface area contributed by atoms with E-state index in [0.717, 1.165) is 11.1 Å². The van der Waals surface area contributed by atoms with Gasteiger partial charge in [-0.2, -0.15) is 0 Å². The Balaban J connectivity index is 1.43. The monoisotopic (exact) mass is 462 g/mol. The van der Waals surface area contributed by atoms with Gasteiger partial charge in [0.2, 0.25) is 10.0 Å². The van der Waals surface area contributed by atoms with Crippen LogP contribution in [0.25, 0.3) is 0 Å². The lowest BCUT2D eigenvalue weighted by molar-refractivity contribution is -0.130. The Kier molecular flexibility index (Phi) is 6.57. The van der Waals surface area contributed by atoms with Crippen molar-refractivity contribution >= 4 is 21.9 Å². The van der Waals surface area contributed by atoms with Crippen molar-refractivity contribution in [3.63, 3.8) is 0 Å². The molecule has 0 radical (unpaired) electrons. The summed E-state index contributed by atoms with van der Waals surface area (Å²) in [5, 5.41) is 11.6. The molecular formula is C25H26N4O3S. The van der Waals surface area contributed by atoms with Gasteiger partial charge in [-0.05, 0) is 36.1 Å². The number of rotatable bonds is 9. The van der Waals surface area contributed by atoms with Gasteiger partial charge >= 0.3 is 0 Å². The molecule has 0 bridgehead atoms. The lowest BCUT2D eigenvalue weighted by Crippen LogP contribution is -2.45. The zero-order chi connectivity index (χ0) is 23.3. The molecule has 8 heteroatoms. The van der Waals surface area contributed by atoms with Crippen LogP contribution in [-0.2, 0) is 20.4 Å². The standard InChI is InChI=1S/C25H26N4O3S/c26-24-28-25(20-12-4-1-5-13-20,21-14-6-2-7-15-21)23(30)29(24)19-11-10-18-27-33(31,32)22-16-8-3-9-17-22/h1-9,12-17,27H,10-11,18-19H2,(H2,26,28). The first-order chi connectivity index (χ1) is 15.9. The van der Waals surface area contributed by atoms with Gasteiger partial charge in [0.25, 0.3) is 5.91 Å². The highest BCUT2D eigenvalue weighted by atomic mass is 32.2. The van der Waals surface area contributed by atoms with Gasteiger partial charge in [0.15, 0.2) is 11.5 Å². The fourth-order valence-electron chi connectivity index (χ4n) is 4.03. The van der Waals surface area contributed by atoms with Crippen LogP contribution in [0.3, 0.4) is 0 Å². The molecule has 0 spiro atoms. The van der Waals surface area contributed by atoms with E-state index < -0.39 is 15.6 Å². The number of amides is 1. The molecule has 1 saturated heterocycles. The first-order valence-electron chi connectivity index (χ1n) is 10.8. The summed E-state index contributed by atoms with van der Waals surface area (Å²) in [6.07, 6.45) is 1.08. The molecule has 3 aromatic carbocycles. The summed E-state index contributed by atoms with van der Waals surface area (Å²) in [7, 11) is -3.56. The van der Waals surface area contributed by atoms with Gasteiger partial charge in [-0.1, -0.05) is 78.9 Å². The van der Waals surface area contributed by atoms with Crippen molar-refractivity contribution < 1.29 is 13.2 Å². The second-order valence-electron chi connectivity index (χ2n) is 7.83. The molecule has 1 fully saturated rings. The number of benzene rings is 3. The van der Waals surface area contributed by atoms with Gasteiger partial charge in [-0.15, -0.1) is 0 Å². The van der Waals surface area contributed by atoms with E-state index in [1.807, 2.05) is 60.7 Å². The zero-order valence-corrected chi connectivity index (χ0v) is 18.9. The first-order valence-corrected chi connectivity index (χ1v) is 12.3. The van der Waals surface area contributed by atoms with E-state index in [0.29, 0.717) is 19.4 Å². The van der Waals surface area contributed by atoms with Gasteiger partial charge in [-0.25, -0.2) is 13.1 Å². The summed E-state index contributed by atoms with van der Waals surface area (Å²) in [5.41, 5.74) is 0.377. The molecule has 33 heavy (non-hydrogen) atoms. The predicted molar refractivity (Wildman–Crippen MR) is 127 cm³/mol. The Morgan fingerprint density at radius 1 is 0.818 bits per heavy atom. The number of hydrogen-bond donors (Lipinski definition) is 3. The fraction of sp³-hybridized carbons (Fsp3) is 0.200. The molecule has 0 aliphatic carbocycles. The topological polar surface area (TPSA) is 102 Å². The summed E-state index contributed by atoms with van der Waals surface area (Å²) >= 11 is 0. The van der Waals surface area contributed by atoms with Gasteiger partial charge < -0.3 is 5.32 Å². The maximum Gasteiger partial charge on any atom is 0.264 e. The lowest BCUT2D eigenvalue weighted by Gasteiger charge is -2.28. The predicted octanol–water partition coefficient (Wildman–Crippen LogP) is 3.06. The number of carbonyl (C=O) groups excluding carboxylic acids is 1. The third kappa shape index (κ3) is 4.53. The van der Waals surface area contributed by atoms with Gasteiger partial charge in [0.1, 0.15) is 0 Å². The largest absolute Gasteiger partial charge is 0.334 e. The molecule has 3 N–H and O–H groups in total. The van der Waals surface area contributed by atoms with Crippen molar-refractivity contribution in [2.45, 2.75) is 23.3 Å². The normalized spacial score (nSPS) is 15.5. The molecule has 0 aromatic heterocycles. The highest BCUT2D eigenvalue weighted by Crippen LogP contribution is 2.35. The molecule has 1 aliphatic heterocycles. The van der Waals surface area contributed by atoms with Crippen molar-refractivity contribution in [1.29, 1.82) is 5.41 Å². The third-order valence-corrected chi connectivity index (χ3v) is 7.19. The third-order valence-electron chi connectivity index (χ3n) is 5.71. The molecule has 1 aliphatic rings. The molecule has 4 rings (SSSR count). The Morgan fingerprint density at radius 2 is 1.33 bits per heavy atom. The van der Waals surface area contributed by atoms with Gasteiger partial charge in [0.05, 0.1) is 4.90 Å². The quantitative estimate of drug-likeness (QED) is 0.425.